The van der Waals surface area contributed by atoms with E-state index in [9.17, 15) is 9.90 Å². The second-order valence-electron chi connectivity index (χ2n) is 6.89. The number of aliphatic carboxylic acids is 1. The molecule has 0 amide bonds. The van der Waals surface area contributed by atoms with E-state index in [0.29, 0.717) is 12.4 Å². The maximum atomic E-state index is 10.9. The number of aliphatic hydroxyl groups excluding tert-OH is 1. The number of hydrogen-bond acceptors (Lipinski definition) is 5. The van der Waals surface area contributed by atoms with Gasteiger partial charge in [-0.1, -0.05) is 30.3 Å². The Bertz CT molecular complexity index is 724. The molecule has 3 rings (SSSR count). The third-order valence-electron chi connectivity index (χ3n) is 4.58. The van der Waals surface area contributed by atoms with E-state index in [4.69, 9.17) is 19.3 Å². The summed E-state index contributed by atoms with van der Waals surface area (Å²) in [6.45, 7) is 0.652. The van der Waals surface area contributed by atoms with Gasteiger partial charge in [-0.2, -0.15) is 0 Å². The van der Waals surface area contributed by atoms with E-state index >= 15 is 0 Å². The summed E-state index contributed by atoms with van der Waals surface area (Å²) in [7, 11) is 0. The lowest BCUT2D eigenvalue weighted by atomic mass is 10.0. The predicted octanol–water partition coefficient (Wildman–Crippen LogP) is 4.29. The first-order chi connectivity index (χ1) is 13.6. The molecule has 0 aromatic heterocycles. The Labute approximate surface area is 164 Å². The monoisotopic (exact) mass is 386 g/mol. The fourth-order valence-corrected chi connectivity index (χ4v) is 3.18. The van der Waals surface area contributed by atoms with Gasteiger partial charge in [-0.05, 0) is 49.1 Å². The Morgan fingerprint density at radius 2 is 1.79 bits per heavy atom. The molecule has 2 aromatic rings. The summed E-state index contributed by atoms with van der Waals surface area (Å²) in [4.78, 5) is 10.9. The SMILES string of the molecule is O=C(O)C[C@@H](O)C[C@H](OC1CCCCO1)c1ccc(Oc2ccccc2)cc1. The van der Waals surface area contributed by atoms with Crippen LogP contribution in [0.5, 0.6) is 11.5 Å². The fraction of sp³-hybridized carbons (Fsp3) is 0.409. The summed E-state index contributed by atoms with van der Waals surface area (Å²) >= 11 is 0. The quantitative estimate of drug-likeness (QED) is 0.669. The number of carboxylic acid groups (broad SMARTS) is 1. The predicted molar refractivity (Wildman–Crippen MR) is 103 cm³/mol. The first-order valence-corrected chi connectivity index (χ1v) is 9.60. The highest BCUT2D eigenvalue weighted by Gasteiger charge is 2.24. The maximum Gasteiger partial charge on any atom is 0.305 e. The fourth-order valence-electron chi connectivity index (χ4n) is 3.18. The van der Waals surface area contributed by atoms with Crippen LogP contribution in [0.2, 0.25) is 0 Å². The van der Waals surface area contributed by atoms with E-state index in [2.05, 4.69) is 0 Å². The number of hydrogen-bond donors (Lipinski definition) is 2. The largest absolute Gasteiger partial charge is 0.481 e. The molecule has 0 bridgehead atoms. The molecular formula is C22H26O6. The molecule has 0 spiro atoms. The van der Waals surface area contributed by atoms with E-state index in [1.807, 2.05) is 54.6 Å². The molecule has 1 saturated heterocycles. The van der Waals surface area contributed by atoms with Crippen LogP contribution >= 0.6 is 0 Å². The minimum absolute atomic E-state index is 0.186. The zero-order valence-electron chi connectivity index (χ0n) is 15.7. The van der Waals surface area contributed by atoms with Gasteiger partial charge in [-0.15, -0.1) is 0 Å². The van der Waals surface area contributed by atoms with Crippen LogP contribution in [-0.2, 0) is 14.3 Å². The molecule has 28 heavy (non-hydrogen) atoms. The molecule has 0 saturated carbocycles. The van der Waals surface area contributed by atoms with Gasteiger partial charge < -0.3 is 24.4 Å². The molecule has 6 nitrogen and oxygen atoms in total. The van der Waals surface area contributed by atoms with E-state index in [1.165, 1.54) is 0 Å². The number of aliphatic hydroxyl groups is 1. The van der Waals surface area contributed by atoms with Crippen LogP contribution in [0.15, 0.2) is 54.6 Å². The second-order valence-corrected chi connectivity index (χ2v) is 6.89. The topological polar surface area (TPSA) is 85.2 Å². The summed E-state index contributed by atoms with van der Waals surface area (Å²) < 4.78 is 17.5. The van der Waals surface area contributed by atoms with E-state index < -0.39 is 18.2 Å². The molecule has 150 valence electrons. The number of carboxylic acids is 1. The molecule has 1 unspecified atom stereocenters. The van der Waals surface area contributed by atoms with Crippen molar-refractivity contribution in [2.75, 3.05) is 6.61 Å². The van der Waals surface area contributed by atoms with Crippen LogP contribution in [0.4, 0.5) is 0 Å². The van der Waals surface area contributed by atoms with Gasteiger partial charge in [0.15, 0.2) is 6.29 Å². The van der Waals surface area contributed by atoms with Crippen molar-refractivity contribution in [1.29, 1.82) is 0 Å². The second kappa shape index (κ2) is 10.2. The zero-order chi connectivity index (χ0) is 19.8. The van der Waals surface area contributed by atoms with Gasteiger partial charge in [0.1, 0.15) is 11.5 Å². The first-order valence-electron chi connectivity index (χ1n) is 9.60. The summed E-state index contributed by atoms with van der Waals surface area (Å²) in [5.41, 5.74) is 0.846. The molecule has 2 N–H and O–H groups in total. The number of para-hydroxylation sites is 1. The van der Waals surface area contributed by atoms with Crippen LogP contribution < -0.4 is 4.74 Å². The van der Waals surface area contributed by atoms with Gasteiger partial charge >= 0.3 is 5.97 Å². The Kier molecular flexibility index (Phi) is 7.42. The molecule has 6 heteroatoms. The first kappa shape index (κ1) is 20.3. The highest BCUT2D eigenvalue weighted by molar-refractivity contribution is 5.67. The summed E-state index contributed by atoms with van der Waals surface area (Å²) in [5.74, 6) is 0.399. The van der Waals surface area contributed by atoms with Crippen molar-refractivity contribution in [3.8, 4) is 11.5 Å². The molecule has 1 fully saturated rings. The number of rotatable bonds is 9. The molecule has 0 radical (unpaired) electrons. The van der Waals surface area contributed by atoms with Crippen LogP contribution in [0.1, 0.15) is 43.8 Å². The maximum absolute atomic E-state index is 10.9. The van der Waals surface area contributed by atoms with Crippen LogP contribution in [0.25, 0.3) is 0 Å². The van der Waals surface area contributed by atoms with Gasteiger partial charge in [0.25, 0.3) is 0 Å². The van der Waals surface area contributed by atoms with Crippen molar-refractivity contribution in [2.24, 2.45) is 0 Å². The van der Waals surface area contributed by atoms with Crippen molar-refractivity contribution in [3.05, 3.63) is 60.2 Å². The Hall–Kier alpha value is -2.41. The van der Waals surface area contributed by atoms with E-state index in [1.54, 1.807) is 0 Å². The summed E-state index contributed by atoms with van der Waals surface area (Å²) in [6, 6.07) is 16.9. The van der Waals surface area contributed by atoms with Crippen molar-refractivity contribution < 1.29 is 29.2 Å². The van der Waals surface area contributed by atoms with Gasteiger partial charge in [-0.3, -0.25) is 4.79 Å². The van der Waals surface area contributed by atoms with Crippen LogP contribution in [-0.4, -0.2) is 35.2 Å². The minimum Gasteiger partial charge on any atom is -0.481 e. The smallest absolute Gasteiger partial charge is 0.305 e. The van der Waals surface area contributed by atoms with Crippen LogP contribution in [0, 0.1) is 0 Å². The Balaban J connectivity index is 1.69. The van der Waals surface area contributed by atoms with Crippen molar-refractivity contribution in [1.82, 2.24) is 0 Å². The lowest BCUT2D eigenvalue weighted by Gasteiger charge is -2.29. The highest BCUT2D eigenvalue weighted by Crippen LogP contribution is 2.30. The van der Waals surface area contributed by atoms with E-state index in [0.717, 1.165) is 30.6 Å². The van der Waals surface area contributed by atoms with Crippen molar-refractivity contribution >= 4 is 5.97 Å². The average molecular weight is 386 g/mol. The average Bonchev–Trinajstić information content (AvgIpc) is 2.69. The van der Waals surface area contributed by atoms with Gasteiger partial charge in [0.05, 0.1) is 18.6 Å². The Morgan fingerprint density at radius 3 is 2.43 bits per heavy atom. The minimum atomic E-state index is -1.04. The van der Waals surface area contributed by atoms with Crippen molar-refractivity contribution in [3.63, 3.8) is 0 Å². The number of benzene rings is 2. The third kappa shape index (κ3) is 6.34. The number of carbonyl (C=O) groups is 1. The Morgan fingerprint density at radius 1 is 1.07 bits per heavy atom. The number of ether oxygens (including phenoxy) is 3. The molecule has 0 aliphatic carbocycles. The van der Waals surface area contributed by atoms with E-state index in [-0.39, 0.29) is 19.1 Å². The lowest BCUT2D eigenvalue weighted by Crippen LogP contribution is -2.27. The summed E-state index contributed by atoms with van der Waals surface area (Å²) in [5, 5.41) is 19.0. The van der Waals surface area contributed by atoms with Crippen LogP contribution in [0.3, 0.4) is 0 Å². The third-order valence-corrected chi connectivity index (χ3v) is 4.58. The van der Waals surface area contributed by atoms with Gasteiger partial charge in [0, 0.05) is 13.0 Å². The van der Waals surface area contributed by atoms with Gasteiger partial charge in [0.2, 0.25) is 0 Å². The zero-order valence-corrected chi connectivity index (χ0v) is 15.7. The molecule has 1 aliphatic heterocycles. The van der Waals surface area contributed by atoms with Crippen molar-refractivity contribution in [2.45, 2.75) is 50.6 Å². The lowest BCUT2D eigenvalue weighted by molar-refractivity contribution is -0.195. The van der Waals surface area contributed by atoms with Gasteiger partial charge in [-0.25, -0.2) is 0 Å². The standard InChI is InChI=1S/C22H26O6/c23-17(15-21(24)25)14-20(28-22-8-4-5-13-26-22)16-9-11-19(12-10-16)27-18-6-2-1-3-7-18/h1-3,6-7,9-12,17,20,22-23H,4-5,8,13-15H2,(H,24,25)/t17-,20-,22?/m0/s1. The molecular weight excluding hydrogens is 360 g/mol. The molecule has 3 atom stereocenters. The highest BCUT2D eigenvalue weighted by atomic mass is 16.7. The normalized spacial score (nSPS) is 19.0. The molecule has 1 heterocycles. The molecule has 1 aliphatic rings. The molecule has 2 aromatic carbocycles. The summed E-state index contributed by atoms with van der Waals surface area (Å²) in [6.07, 6.45) is 0.911.